The van der Waals surface area contributed by atoms with Gasteiger partial charge in [0, 0.05) is 69.8 Å². The molecule has 0 spiro atoms. The van der Waals surface area contributed by atoms with E-state index in [2.05, 4.69) is 58.6 Å². The van der Waals surface area contributed by atoms with Gasteiger partial charge in [-0.2, -0.15) is 9.97 Å². The molecule has 246 valence electrons. The number of piperazine rings is 1. The first kappa shape index (κ1) is 30.3. The third-order valence-electron chi connectivity index (χ3n) is 13.2. The van der Waals surface area contributed by atoms with E-state index in [4.69, 9.17) is 9.97 Å². The Morgan fingerprint density at radius 1 is 0.913 bits per heavy atom. The topological polar surface area (TPSA) is 72.9 Å². The molecule has 0 radical (unpaired) electrons. The Morgan fingerprint density at radius 2 is 1.57 bits per heavy atom. The molecule has 3 aliphatic heterocycles. The van der Waals surface area contributed by atoms with Gasteiger partial charge in [-0.05, 0) is 93.6 Å². The van der Waals surface area contributed by atoms with Crippen LogP contribution < -0.4 is 14.7 Å². The van der Waals surface area contributed by atoms with Crippen LogP contribution in [-0.2, 0) is 9.59 Å². The Bertz CT molecular complexity index is 1450. The number of ketones is 2. The number of hydrogen-bond acceptors (Lipinski definition) is 8. The minimum absolute atomic E-state index is 0.0111. The van der Waals surface area contributed by atoms with E-state index >= 15 is 0 Å². The number of hydrogen-bond donors (Lipinski definition) is 0. The number of nitrogens with zero attached hydrogens (tertiary/aromatic N) is 6. The predicted molar refractivity (Wildman–Crippen MR) is 183 cm³/mol. The lowest BCUT2D eigenvalue weighted by Gasteiger charge is -2.52. The first-order valence-corrected chi connectivity index (χ1v) is 18.3. The van der Waals surface area contributed by atoms with Crippen LogP contribution in [0, 0.1) is 34.5 Å². The molecule has 2 saturated carbocycles. The fourth-order valence-electron chi connectivity index (χ4n) is 10.8. The molecule has 0 aromatic carbocycles. The predicted octanol–water partition coefficient (Wildman–Crippen LogP) is 5.46. The van der Waals surface area contributed by atoms with Crippen molar-refractivity contribution in [1.29, 1.82) is 0 Å². The Kier molecular flexibility index (Phi) is 7.65. The molecule has 0 bridgehead atoms. The zero-order chi connectivity index (χ0) is 31.6. The van der Waals surface area contributed by atoms with Gasteiger partial charge in [-0.1, -0.05) is 37.1 Å². The number of carbonyl (C=O) groups is 2. The van der Waals surface area contributed by atoms with Gasteiger partial charge in [-0.3, -0.25) is 14.5 Å². The lowest BCUT2D eigenvalue weighted by molar-refractivity contribution is -0.129. The Hall–Kier alpha value is -3.00. The average Bonchev–Trinajstić information content (AvgIpc) is 3.83. The van der Waals surface area contributed by atoms with Crippen molar-refractivity contribution in [2.75, 3.05) is 73.6 Å². The van der Waals surface area contributed by atoms with Gasteiger partial charge in [0.1, 0.15) is 11.6 Å². The first-order chi connectivity index (χ1) is 22.2. The number of carbonyl (C=O) groups excluding carboxylic acids is 2. The van der Waals surface area contributed by atoms with Crippen LogP contribution in [0.2, 0.25) is 0 Å². The summed E-state index contributed by atoms with van der Waals surface area (Å²) in [7, 11) is 0. The van der Waals surface area contributed by atoms with E-state index in [1.54, 1.807) is 6.08 Å². The van der Waals surface area contributed by atoms with Crippen LogP contribution in [0.4, 0.5) is 17.6 Å². The molecule has 1 aromatic heterocycles. The summed E-state index contributed by atoms with van der Waals surface area (Å²) in [6.45, 7) is 15.4. The number of Topliss-reactive ketones (excluding diaryl/α,β-unsaturated/α-hetero) is 1. The van der Waals surface area contributed by atoms with Crippen LogP contribution in [0.3, 0.4) is 0 Å². The number of fused-ring (bicyclic) bond motifs is 5. The Morgan fingerprint density at radius 3 is 2.26 bits per heavy atom. The zero-order valence-electron chi connectivity index (χ0n) is 28.2. The van der Waals surface area contributed by atoms with Crippen molar-refractivity contribution in [2.45, 2.75) is 72.1 Å². The molecule has 6 unspecified atom stereocenters. The fourth-order valence-corrected chi connectivity index (χ4v) is 10.8. The van der Waals surface area contributed by atoms with Crippen molar-refractivity contribution in [2.24, 2.45) is 34.5 Å². The normalized spacial score (nSPS) is 36.0. The van der Waals surface area contributed by atoms with Gasteiger partial charge in [0.15, 0.2) is 11.6 Å². The second-order valence-electron chi connectivity index (χ2n) is 15.9. The molecule has 8 nitrogen and oxygen atoms in total. The van der Waals surface area contributed by atoms with Gasteiger partial charge in [-0.25, -0.2) is 0 Å². The van der Waals surface area contributed by atoms with Gasteiger partial charge >= 0.3 is 0 Å². The maximum absolute atomic E-state index is 14.2. The Labute approximate surface area is 275 Å². The number of rotatable bonds is 6. The van der Waals surface area contributed by atoms with E-state index in [0.29, 0.717) is 30.1 Å². The number of anilines is 3. The lowest BCUT2D eigenvalue weighted by Crippen LogP contribution is -2.51. The minimum atomic E-state index is -0.128. The summed E-state index contributed by atoms with van der Waals surface area (Å²) < 4.78 is 0. The van der Waals surface area contributed by atoms with Gasteiger partial charge in [0.05, 0.1) is 6.54 Å². The molecule has 5 fully saturated rings. The summed E-state index contributed by atoms with van der Waals surface area (Å²) in [6.07, 6.45) is 17.4. The van der Waals surface area contributed by atoms with Crippen molar-refractivity contribution in [3.8, 4) is 0 Å². The van der Waals surface area contributed by atoms with E-state index in [9.17, 15) is 9.59 Å². The number of aromatic nitrogens is 2. The zero-order valence-corrected chi connectivity index (χ0v) is 28.2. The molecule has 3 saturated heterocycles. The van der Waals surface area contributed by atoms with E-state index in [0.717, 1.165) is 95.6 Å². The third kappa shape index (κ3) is 5.05. The molecule has 4 heterocycles. The molecule has 0 amide bonds. The van der Waals surface area contributed by atoms with Gasteiger partial charge in [0.25, 0.3) is 0 Å². The van der Waals surface area contributed by atoms with E-state index in [-0.39, 0.29) is 22.5 Å². The lowest BCUT2D eigenvalue weighted by atomic mass is 9.52. The smallest absolute Gasteiger partial charge is 0.229 e. The van der Waals surface area contributed by atoms with Crippen molar-refractivity contribution < 1.29 is 9.59 Å². The minimum Gasteiger partial charge on any atom is -0.356 e. The second-order valence-corrected chi connectivity index (χ2v) is 15.9. The molecule has 8 rings (SSSR count). The monoisotopic (exact) mass is 624 g/mol. The summed E-state index contributed by atoms with van der Waals surface area (Å²) in [6, 6.07) is 2.21. The molecular formula is C38H52N6O2. The molecule has 1 aromatic rings. The Balaban J connectivity index is 0.947. The largest absolute Gasteiger partial charge is 0.356 e. The van der Waals surface area contributed by atoms with Crippen LogP contribution in [0.1, 0.15) is 72.1 Å². The molecule has 0 N–H and O–H groups in total. The highest BCUT2D eigenvalue weighted by molar-refractivity contribution is 6.01. The maximum atomic E-state index is 14.2. The van der Waals surface area contributed by atoms with E-state index < -0.39 is 0 Å². The van der Waals surface area contributed by atoms with Gasteiger partial charge in [0.2, 0.25) is 5.95 Å². The van der Waals surface area contributed by atoms with Crippen molar-refractivity contribution in [3.63, 3.8) is 0 Å². The molecule has 8 heteroatoms. The van der Waals surface area contributed by atoms with Gasteiger partial charge < -0.3 is 14.7 Å². The molecule has 4 aliphatic carbocycles. The van der Waals surface area contributed by atoms with Crippen molar-refractivity contribution >= 4 is 29.2 Å². The maximum Gasteiger partial charge on any atom is 0.229 e. The van der Waals surface area contributed by atoms with Crippen LogP contribution in [0.5, 0.6) is 0 Å². The summed E-state index contributed by atoms with van der Waals surface area (Å²) >= 11 is 0. The SMILES string of the molecule is CC1CC2C3CCC4=CC(=O)C=CC4(C)C3=CCC2(C)C1C(=O)CN1CCN(c2cc(N3CCCC3)nc(N3CCCC3)n2)CC1. The van der Waals surface area contributed by atoms with Crippen molar-refractivity contribution in [1.82, 2.24) is 14.9 Å². The van der Waals surface area contributed by atoms with Crippen LogP contribution >= 0.6 is 0 Å². The van der Waals surface area contributed by atoms with Gasteiger partial charge in [-0.15, -0.1) is 0 Å². The molecule has 46 heavy (non-hydrogen) atoms. The van der Waals surface area contributed by atoms with E-state index in [1.807, 2.05) is 6.08 Å². The summed E-state index contributed by atoms with van der Waals surface area (Å²) in [5, 5.41) is 0. The van der Waals surface area contributed by atoms with Crippen molar-refractivity contribution in [3.05, 3.63) is 41.5 Å². The van der Waals surface area contributed by atoms with Crippen LogP contribution in [0.25, 0.3) is 0 Å². The summed E-state index contributed by atoms with van der Waals surface area (Å²) in [5.74, 6) is 5.14. The summed E-state index contributed by atoms with van der Waals surface area (Å²) in [4.78, 5) is 46.1. The first-order valence-electron chi connectivity index (χ1n) is 18.3. The quantitative estimate of drug-likeness (QED) is 0.387. The fraction of sp³-hybridized carbons (Fsp3) is 0.684. The highest BCUT2D eigenvalue weighted by atomic mass is 16.1. The molecule has 6 atom stereocenters. The molecule has 7 aliphatic rings. The molecular weight excluding hydrogens is 572 g/mol. The average molecular weight is 625 g/mol. The highest BCUT2D eigenvalue weighted by Gasteiger charge is 2.59. The summed E-state index contributed by atoms with van der Waals surface area (Å²) in [5.41, 5.74) is 2.68. The third-order valence-corrected chi connectivity index (χ3v) is 13.2. The van der Waals surface area contributed by atoms with Crippen LogP contribution in [0.15, 0.2) is 41.5 Å². The van der Waals surface area contributed by atoms with Crippen LogP contribution in [-0.4, -0.2) is 85.3 Å². The second kappa shape index (κ2) is 11.6. The van der Waals surface area contributed by atoms with E-state index in [1.165, 1.54) is 36.8 Å². The number of allylic oxidation sites excluding steroid dienone is 6. The standard InChI is InChI=1S/C38H52N6O2/c1-26-22-31-29-9-8-27-23-28(45)10-12-37(27,2)30(29)11-13-38(31,3)35(26)32(46)25-41-18-20-43(21-19-41)34-24-33(42-14-4-5-15-42)39-36(40-34)44-16-6-7-17-44/h10-12,23-24,26,29,31,35H,4-9,13-22,25H2,1-3H3. The highest BCUT2D eigenvalue weighted by Crippen LogP contribution is 2.65.